The summed E-state index contributed by atoms with van der Waals surface area (Å²) in [7, 11) is 0. The van der Waals surface area contributed by atoms with E-state index >= 15 is 0 Å². The van der Waals surface area contributed by atoms with Crippen molar-refractivity contribution in [2.45, 2.75) is 39.7 Å². The van der Waals surface area contributed by atoms with Gasteiger partial charge >= 0.3 is 6.09 Å². The molecule has 2 amide bonds. The van der Waals surface area contributed by atoms with Crippen LogP contribution in [0.2, 0.25) is 0 Å². The molecule has 0 radical (unpaired) electrons. The van der Waals surface area contributed by atoms with E-state index in [9.17, 15) is 9.59 Å². The standard InChI is InChI=1S/C22H28N4O3/c1-4-29-22(28)26-11-8-18(9-12-26)24-20-14-17(7-10-23-20)21(27)25-19-6-5-15(2)13-16(19)3/h5-7,10,13-14,18H,4,8-9,11-12H2,1-3H3,(H,23,24)(H,25,27). The number of carbonyl (C=O) groups excluding carboxylic acids is 2. The Labute approximate surface area is 171 Å². The molecule has 0 atom stereocenters. The van der Waals surface area contributed by atoms with Crippen LogP contribution >= 0.6 is 0 Å². The molecule has 0 bridgehead atoms. The van der Waals surface area contributed by atoms with Gasteiger partial charge in [0.05, 0.1) is 6.61 Å². The van der Waals surface area contributed by atoms with Crippen molar-refractivity contribution in [1.82, 2.24) is 9.88 Å². The second-order valence-corrected chi connectivity index (χ2v) is 7.31. The molecule has 2 heterocycles. The number of likely N-dealkylation sites (tertiary alicyclic amines) is 1. The van der Waals surface area contributed by atoms with Crippen LogP contribution in [-0.4, -0.2) is 47.6 Å². The number of benzene rings is 1. The lowest BCUT2D eigenvalue weighted by molar-refractivity contribution is 0.0981. The molecule has 154 valence electrons. The molecule has 3 rings (SSSR count). The molecule has 7 nitrogen and oxygen atoms in total. The minimum atomic E-state index is -0.255. The van der Waals surface area contributed by atoms with Crippen molar-refractivity contribution in [1.29, 1.82) is 0 Å². The van der Waals surface area contributed by atoms with Crippen LogP contribution in [0, 0.1) is 13.8 Å². The fourth-order valence-electron chi connectivity index (χ4n) is 3.43. The van der Waals surface area contributed by atoms with Crippen molar-refractivity contribution in [2.24, 2.45) is 0 Å². The number of nitrogens with zero attached hydrogens (tertiary/aromatic N) is 2. The molecule has 1 saturated heterocycles. The Balaban J connectivity index is 1.58. The second-order valence-electron chi connectivity index (χ2n) is 7.31. The Bertz CT molecular complexity index is 876. The van der Waals surface area contributed by atoms with Crippen LogP contribution in [0.4, 0.5) is 16.3 Å². The monoisotopic (exact) mass is 396 g/mol. The molecule has 2 aromatic rings. The van der Waals surface area contributed by atoms with Crippen molar-refractivity contribution in [2.75, 3.05) is 30.3 Å². The quantitative estimate of drug-likeness (QED) is 0.799. The van der Waals surface area contributed by atoms with E-state index in [-0.39, 0.29) is 18.0 Å². The number of rotatable bonds is 5. The van der Waals surface area contributed by atoms with E-state index in [2.05, 4.69) is 15.6 Å². The van der Waals surface area contributed by atoms with Crippen molar-refractivity contribution in [3.8, 4) is 0 Å². The van der Waals surface area contributed by atoms with E-state index in [0.29, 0.717) is 31.1 Å². The molecule has 0 saturated carbocycles. The summed E-state index contributed by atoms with van der Waals surface area (Å²) in [5, 5.41) is 6.34. The average Bonchev–Trinajstić information content (AvgIpc) is 2.71. The number of aromatic nitrogens is 1. The van der Waals surface area contributed by atoms with Gasteiger partial charge in [0, 0.05) is 36.6 Å². The third kappa shape index (κ3) is 5.47. The third-order valence-electron chi connectivity index (χ3n) is 5.03. The van der Waals surface area contributed by atoms with E-state index in [4.69, 9.17) is 4.74 Å². The summed E-state index contributed by atoms with van der Waals surface area (Å²) in [4.78, 5) is 30.5. The van der Waals surface area contributed by atoms with Crippen LogP contribution in [0.15, 0.2) is 36.5 Å². The fourth-order valence-corrected chi connectivity index (χ4v) is 3.43. The lowest BCUT2D eigenvalue weighted by Gasteiger charge is -2.31. The number of piperidine rings is 1. The van der Waals surface area contributed by atoms with Gasteiger partial charge in [-0.3, -0.25) is 4.79 Å². The Morgan fingerprint density at radius 1 is 1.17 bits per heavy atom. The van der Waals surface area contributed by atoms with E-state index in [1.54, 1.807) is 30.2 Å². The SMILES string of the molecule is CCOC(=O)N1CCC(Nc2cc(C(=O)Nc3ccc(C)cc3C)ccn2)CC1. The number of aryl methyl sites for hydroxylation is 2. The summed E-state index contributed by atoms with van der Waals surface area (Å²) in [5.74, 6) is 0.493. The van der Waals surface area contributed by atoms with E-state index in [1.165, 1.54) is 0 Å². The fraction of sp³-hybridized carbons (Fsp3) is 0.409. The molecular formula is C22H28N4O3. The first-order chi connectivity index (χ1) is 14.0. The maximum Gasteiger partial charge on any atom is 0.409 e. The number of amides is 2. The number of hydrogen-bond donors (Lipinski definition) is 2. The summed E-state index contributed by atoms with van der Waals surface area (Å²) in [5.41, 5.74) is 3.54. The van der Waals surface area contributed by atoms with Crippen LogP contribution in [-0.2, 0) is 4.74 Å². The lowest BCUT2D eigenvalue weighted by Crippen LogP contribution is -2.42. The van der Waals surface area contributed by atoms with Crippen LogP contribution in [0.5, 0.6) is 0 Å². The van der Waals surface area contributed by atoms with Crippen molar-refractivity contribution < 1.29 is 14.3 Å². The van der Waals surface area contributed by atoms with Gasteiger partial charge in [0.2, 0.25) is 0 Å². The lowest BCUT2D eigenvalue weighted by atomic mass is 10.1. The Morgan fingerprint density at radius 2 is 1.93 bits per heavy atom. The molecule has 1 fully saturated rings. The summed E-state index contributed by atoms with van der Waals surface area (Å²) in [6, 6.07) is 9.60. The first kappa shape index (κ1) is 20.6. The van der Waals surface area contributed by atoms with E-state index < -0.39 is 0 Å². The van der Waals surface area contributed by atoms with E-state index in [1.807, 2.05) is 32.0 Å². The van der Waals surface area contributed by atoms with Crippen LogP contribution < -0.4 is 10.6 Å². The first-order valence-electron chi connectivity index (χ1n) is 9.99. The zero-order chi connectivity index (χ0) is 20.8. The molecule has 1 aliphatic rings. The molecule has 1 aromatic carbocycles. The highest BCUT2D eigenvalue weighted by atomic mass is 16.6. The molecule has 0 aliphatic carbocycles. The number of nitrogens with one attached hydrogen (secondary N) is 2. The predicted octanol–water partition coefficient (Wildman–Crippen LogP) is 3.98. The average molecular weight is 396 g/mol. The van der Waals surface area contributed by atoms with Gasteiger partial charge in [-0.25, -0.2) is 9.78 Å². The van der Waals surface area contributed by atoms with Crippen molar-refractivity contribution >= 4 is 23.5 Å². The number of hydrogen-bond acceptors (Lipinski definition) is 5. The van der Waals surface area contributed by atoms with Gasteiger partial charge in [-0.2, -0.15) is 0 Å². The topological polar surface area (TPSA) is 83.6 Å². The summed E-state index contributed by atoms with van der Waals surface area (Å²) in [6.07, 6.45) is 2.99. The van der Waals surface area contributed by atoms with Crippen molar-refractivity contribution in [3.05, 3.63) is 53.2 Å². The summed E-state index contributed by atoms with van der Waals surface area (Å²) < 4.78 is 5.05. The third-order valence-corrected chi connectivity index (χ3v) is 5.03. The van der Waals surface area contributed by atoms with Gasteiger partial charge in [0.15, 0.2) is 0 Å². The maximum atomic E-state index is 12.7. The molecule has 2 N–H and O–H groups in total. The van der Waals surface area contributed by atoms with Gasteiger partial charge in [0.1, 0.15) is 5.82 Å². The second kappa shape index (κ2) is 9.41. The van der Waals surface area contributed by atoms with Crippen LogP contribution in [0.1, 0.15) is 41.3 Å². The molecule has 29 heavy (non-hydrogen) atoms. The Morgan fingerprint density at radius 3 is 2.62 bits per heavy atom. The minimum absolute atomic E-state index is 0.167. The Kier molecular flexibility index (Phi) is 6.69. The predicted molar refractivity (Wildman–Crippen MR) is 113 cm³/mol. The highest BCUT2D eigenvalue weighted by molar-refractivity contribution is 6.05. The van der Waals surface area contributed by atoms with Gasteiger partial charge < -0.3 is 20.3 Å². The smallest absolute Gasteiger partial charge is 0.409 e. The normalized spacial score (nSPS) is 14.4. The minimum Gasteiger partial charge on any atom is -0.450 e. The molecule has 1 aliphatic heterocycles. The molecule has 1 aromatic heterocycles. The summed E-state index contributed by atoms with van der Waals surface area (Å²) in [6.45, 7) is 7.48. The number of anilines is 2. The van der Waals surface area contributed by atoms with Gasteiger partial charge in [-0.15, -0.1) is 0 Å². The van der Waals surface area contributed by atoms with Gasteiger partial charge in [-0.1, -0.05) is 17.7 Å². The number of ether oxygens (including phenoxy) is 1. The zero-order valence-corrected chi connectivity index (χ0v) is 17.2. The maximum absolute atomic E-state index is 12.7. The molecule has 7 heteroatoms. The zero-order valence-electron chi connectivity index (χ0n) is 17.2. The highest BCUT2D eigenvalue weighted by Gasteiger charge is 2.23. The molecule has 0 unspecified atom stereocenters. The van der Waals surface area contributed by atoms with Crippen LogP contribution in [0.3, 0.4) is 0 Å². The van der Waals surface area contributed by atoms with Crippen LogP contribution in [0.25, 0.3) is 0 Å². The largest absolute Gasteiger partial charge is 0.450 e. The first-order valence-corrected chi connectivity index (χ1v) is 9.99. The number of pyridine rings is 1. The number of carbonyl (C=O) groups is 2. The Hall–Kier alpha value is -3.09. The van der Waals surface area contributed by atoms with Crippen molar-refractivity contribution in [3.63, 3.8) is 0 Å². The van der Waals surface area contributed by atoms with Gasteiger partial charge in [0.25, 0.3) is 5.91 Å². The molecule has 0 spiro atoms. The van der Waals surface area contributed by atoms with E-state index in [0.717, 1.165) is 29.7 Å². The highest BCUT2D eigenvalue weighted by Crippen LogP contribution is 2.19. The molecular weight excluding hydrogens is 368 g/mol. The van der Waals surface area contributed by atoms with Gasteiger partial charge in [-0.05, 0) is 57.4 Å². The summed E-state index contributed by atoms with van der Waals surface area (Å²) >= 11 is 0.